The molecule has 2 heterocycles. The van der Waals surface area contributed by atoms with E-state index < -0.39 is 22.3 Å². The number of aromatic nitrogens is 5. The molecule has 0 saturated heterocycles. The van der Waals surface area contributed by atoms with Crippen molar-refractivity contribution in [1.82, 2.24) is 25.0 Å². The molecule has 0 aliphatic carbocycles. The standard InChI is InChI=1S/C13H8FN7O3/c14-9-2-1-8(5-11(9)21(23)24)17-13(22)10-3-4-12(19-18-10)20-7-15-6-16-20/h1-7H,(H,17,22). The number of nitrogens with zero attached hydrogens (tertiary/aromatic N) is 6. The fourth-order valence-electron chi connectivity index (χ4n) is 1.82. The van der Waals surface area contributed by atoms with Gasteiger partial charge in [-0.1, -0.05) is 0 Å². The maximum Gasteiger partial charge on any atom is 0.306 e. The summed E-state index contributed by atoms with van der Waals surface area (Å²) in [6.07, 6.45) is 2.74. The molecule has 3 aromatic rings. The molecule has 3 rings (SSSR count). The summed E-state index contributed by atoms with van der Waals surface area (Å²) >= 11 is 0. The Bertz CT molecular complexity index is 896. The zero-order valence-corrected chi connectivity index (χ0v) is 11.8. The van der Waals surface area contributed by atoms with Gasteiger partial charge in [0.05, 0.1) is 4.92 Å². The Labute approximate surface area is 133 Å². The molecule has 0 radical (unpaired) electrons. The number of nitrogens with one attached hydrogen (secondary N) is 1. The van der Waals surface area contributed by atoms with E-state index in [0.717, 1.165) is 12.1 Å². The van der Waals surface area contributed by atoms with Crippen molar-refractivity contribution in [3.05, 3.63) is 64.6 Å². The SMILES string of the molecule is O=C(Nc1ccc(F)c([N+](=O)[O-])c1)c1ccc(-n2cncn2)nn1. The van der Waals surface area contributed by atoms with Crippen LogP contribution in [0.2, 0.25) is 0 Å². The maximum absolute atomic E-state index is 13.3. The second-order valence-corrected chi connectivity index (χ2v) is 4.49. The lowest BCUT2D eigenvalue weighted by molar-refractivity contribution is -0.387. The van der Waals surface area contributed by atoms with Gasteiger partial charge in [-0.2, -0.15) is 9.49 Å². The topological polar surface area (TPSA) is 129 Å². The molecule has 24 heavy (non-hydrogen) atoms. The quantitative estimate of drug-likeness (QED) is 0.565. The molecule has 120 valence electrons. The largest absolute Gasteiger partial charge is 0.320 e. The number of hydrogen-bond acceptors (Lipinski definition) is 7. The van der Waals surface area contributed by atoms with Crippen LogP contribution in [0.5, 0.6) is 0 Å². The van der Waals surface area contributed by atoms with Gasteiger partial charge in [0, 0.05) is 11.8 Å². The van der Waals surface area contributed by atoms with Crippen molar-refractivity contribution in [2.75, 3.05) is 5.32 Å². The number of hydrogen-bond donors (Lipinski definition) is 1. The third-order valence-electron chi connectivity index (χ3n) is 2.94. The minimum Gasteiger partial charge on any atom is -0.320 e. The van der Waals surface area contributed by atoms with Gasteiger partial charge in [0.1, 0.15) is 12.7 Å². The molecule has 10 nitrogen and oxygen atoms in total. The highest BCUT2D eigenvalue weighted by Crippen LogP contribution is 2.21. The van der Waals surface area contributed by atoms with Gasteiger partial charge in [0.25, 0.3) is 5.91 Å². The predicted octanol–water partition coefficient (Wildman–Crippen LogP) is 1.36. The number of carbonyl (C=O) groups excluding carboxylic acids is 1. The van der Waals surface area contributed by atoms with Gasteiger partial charge in [-0.05, 0) is 24.3 Å². The first-order chi connectivity index (χ1) is 11.5. The summed E-state index contributed by atoms with van der Waals surface area (Å²) in [5, 5.41) is 24.5. The van der Waals surface area contributed by atoms with Crippen molar-refractivity contribution in [3.8, 4) is 5.82 Å². The van der Waals surface area contributed by atoms with Gasteiger partial charge in [0.2, 0.25) is 5.82 Å². The molecule has 0 unspecified atom stereocenters. The Morgan fingerprint density at radius 1 is 1.25 bits per heavy atom. The van der Waals surface area contributed by atoms with Gasteiger partial charge >= 0.3 is 5.69 Å². The average molecular weight is 329 g/mol. The molecule has 0 fully saturated rings. The van der Waals surface area contributed by atoms with Crippen molar-refractivity contribution in [1.29, 1.82) is 0 Å². The van der Waals surface area contributed by atoms with Crippen molar-refractivity contribution < 1.29 is 14.1 Å². The smallest absolute Gasteiger partial charge is 0.306 e. The van der Waals surface area contributed by atoms with Crippen molar-refractivity contribution in [2.45, 2.75) is 0 Å². The molecule has 0 spiro atoms. The van der Waals surface area contributed by atoms with Crippen molar-refractivity contribution in [2.24, 2.45) is 0 Å². The zero-order chi connectivity index (χ0) is 17.1. The molecule has 1 amide bonds. The third kappa shape index (κ3) is 3.04. The van der Waals surface area contributed by atoms with Gasteiger partial charge in [-0.3, -0.25) is 14.9 Å². The number of carbonyl (C=O) groups is 1. The second kappa shape index (κ2) is 6.16. The number of amides is 1. The summed E-state index contributed by atoms with van der Waals surface area (Å²) in [6, 6.07) is 5.93. The highest BCUT2D eigenvalue weighted by atomic mass is 19.1. The molecular weight excluding hydrogens is 321 g/mol. The van der Waals surface area contributed by atoms with Gasteiger partial charge in [-0.15, -0.1) is 10.2 Å². The van der Waals surface area contributed by atoms with Crippen LogP contribution in [0.4, 0.5) is 15.8 Å². The van der Waals surface area contributed by atoms with E-state index in [2.05, 4.69) is 25.6 Å². The molecule has 0 saturated carbocycles. The molecule has 1 aromatic carbocycles. The van der Waals surface area contributed by atoms with E-state index in [0.29, 0.717) is 5.82 Å². The number of nitro benzene ring substituents is 1. The third-order valence-corrected chi connectivity index (χ3v) is 2.94. The van der Waals surface area contributed by atoms with Crippen molar-refractivity contribution in [3.63, 3.8) is 0 Å². The fourth-order valence-corrected chi connectivity index (χ4v) is 1.82. The summed E-state index contributed by atoms with van der Waals surface area (Å²) in [7, 11) is 0. The van der Waals surface area contributed by atoms with E-state index in [4.69, 9.17) is 0 Å². The number of anilines is 1. The van der Waals surface area contributed by atoms with Crippen LogP contribution in [-0.2, 0) is 0 Å². The van der Waals surface area contributed by atoms with Crippen LogP contribution < -0.4 is 5.32 Å². The van der Waals surface area contributed by atoms with Crippen LogP contribution in [0.1, 0.15) is 10.5 Å². The Morgan fingerprint density at radius 3 is 2.71 bits per heavy atom. The fraction of sp³-hybridized carbons (Fsp3) is 0. The van der Waals surface area contributed by atoms with Crippen molar-refractivity contribution >= 4 is 17.3 Å². The van der Waals surface area contributed by atoms with Crippen LogP contribution in [0, 0.1) is 15.9 Å². The summed E-state index contributed by atoms with van der Waals surface area (Å²) in [5.74, 6) is -1.27. The van der Waals surface area contributed by atoms with Crippen LogP contribution in [0.15, 0.2) is 43.0 Å². The Hall–Kier alpha value is -3.76. The number of benzene rings is 1. The number of nitro groups is 1. The van der Waals surface area contributed by atoms with E-state index in [1.54, 1.807) is 0 Å². The molecule has 0 atom stereocenters. The predicted molar refractivity (Wildman–Crippen MR) is 78.0 cm³/mol. The summed E-state index contributed by atoms with van der Waals surface area (Å²) in [5.41, 5.74) is -0.693. The molecule has 2 aromatic heterocycles. The molecule has 0 aliphatic heterocycles. The first-order valence-electron chi connectivity index (χ1n) is 6.48. The highest BCUT2D eigenvalue weighted by Gasteiger charge is 2.16. The monoisotopic (exact) mass is 329 g/mol. The number of halogens is 1. The first-order valence-corrected chi connectivity index (χ1v) is 6.48. The van der Waals surface area contributed by atoms with Gasteiger partial charge in [-0.25, -0.2) is 9.67 Å². The second-order valence-electron chi connectivity index (χ2n) is 4.49. The first kappa shape index (κ1) is 15.1. The minimum atomic E-state index is -0.991. The zero-order valence-electron chi connectivity index (χ0n) is 11.8. The summed E-state index contributed by atoms with van der Waals surface area (Å²) in [4.78, 5) is 25.6. The van der Waals surface area contributed by atoms with E-state index in [-0.39, 0.29) is 11.4 Å². The van der Waals surface area contributed by atoms with Gasteiger partial charge in [0.15, 0.2) is 11.5 Å². The molecular formula is C13H8FN7O3. The lowest BCUT2D eigenvalue weighted by Crippen LogP contribution is -2.15. The van der Waals surface area contributed by atoms with E-state index in [1.807, 2.05) is 0 Å². The van der Waals surface area contributed by atoms with Crippen LogP contribution >= 0.6 is 0 Å². The Morgan fingerprint density at radius 2 is 2.08 bits per heavy atom. The molecule has 0 bridgehead atoms. The Kier molecular flexibility index (Phi) is 3.89. The van der Waals surface area contributed by atoms with E-state index in [9.17, 15) is 19.3 Å². The highest BCUT2D eigenvalue weighted by molar-refractivity contribution is 6.02. The van der Waals surface area contributed by atoms with E-state index in [1.165, 1.54) is 35.5 Å². The molecule has 1 N–H and O–H groups in total. The number of rotatable bonds is 4. The van der Waals surface area contributed by atoms with Gasteiger partial charge < -0.3 is 5.32 Å². The lowest BCUT2D eigenvalue weighted by Gasteiger charge is -2.05. The summed E-state index contributed by atoms with van der Waals surface area (Å²) in [6.45, 7) is 0. The van der Waals surface area contributed by atoms with Crippen LogP contribution in [-0.4, -0.2) is 35.8 Å². The lowest BCUT2D eigenvalue weighted by atomic mass is 10.2. The molecule has 11 heteroatoms. The average Bonchev–Trinajstić information content (AvgIpc) is 3.11. The maximum atomic E-state index is 13.3. The van der Waals surface area contributed by atoms with Crippen LogP contribution in [0.25, 0.3) is 5.82 Å². The normalized spacial score (nSPS) is 10.4. The van der Waals surface area contributed by atoms with E-state index >= 15 is 0 Å². The Balaban J connectivity index is 1.78. The molecule has 0 aliphatic rings. The summed E-state index contributed by atoms with van der Waals surface area (Å²) < 4.78 is 14.6. The van der Waals surface area contributed by atoms with Crippen LogP contribution in [0.3, 0.4) is 0 Å². The minimum absolute atomic E-state index is 0.0224.